The average Bonchev–Trinajstić information content (AvgIpc) is 2.94. The summed E-state index contributed by atoms with van der Waals surface area (Å²) in [4.78, 5) is 12.2. The number of hydrogen-bond acceptors (Lipinski definition) is 5. The summed E-state index contributed by atoms with van der Waals surface area (Å²) in [5.41, 5.74) is 6.86. The van der Waals surface area contributed by atoms with Crippen LogP contribution in [0.5, 0.6) is 0 Å². The van der Waals surface area contributed by atoms with Crippen LogP contribution < -0.4 is 11.1 Å². The van der Waals surface area contributed by atoms with Gasteiger partial charge in [0.25, 0.3) is 5.91 Å². The minimum atomic E-state index is -0.432. The molecule has 0 saturated carbocycles. The van der Waals surface area contributed by atoms with Crippen molar-refractivity contribution in [3.8, 4) is 0 Å². The second kappa shape index (κ2) is 5.18. The highest BCUT2D eigenvalue weighted by Crippen LogP contribution is 2.22. The maximum Gasteiger partial charge on any atom is 0.271 e. The number of anilines is 1. The summed E-state index contributed by atoms with van der Waals surface area (Å²) in [6.07, 6.45) is 0.768. The van der Waals surface area contributed by atoms with Crippen molar-refractivity contribution in [1.82, 2.24) is 15.1 Å². The van der Waals surface area contributed by atoms with Gasteiger partial charge in [0.05, 0.1) is 18.0 Å². The number of hydrogen-bond donors (Lipinski definition) is 2. The van der Waals surface area contributed by atoms with Gasteiger partial charge in [0.2, 0.25) is 0 Å². The zero-order valence-electron chi connectivity index (χ0n) is 11.5. The fraction of sp³-hybridized carbons (Fsp3) is 0.667. The lowest BCUT2D eigenvalue weighted by molar-refractivity contribution is -0.0149. The first-order valence-electron chi connectivity index (χ1n) is 6.19. The van der Waals surface area contributed by atoms with Crippen LogP contribution in [0.3, 0.4) is 0 Å². The molecule has 7 heteroatoms. The Bertz CT molecular complexity index is 478. The van der Waals surface area contributed by atoms with Gasteiger partial charge in [-0.3, -0.25) is 9.48 Å². The van der Waals surface area contributed by atoms with Crippen molar-refractivity contribution in [2.75, 3.05) is 32.6 Å². The second-order valence-corrected chi connectivity index (χ2v) is 4.84. The van der Waals surface area contributed by atoms with Gasteiger partial charge in [-0.25, -0.2) is 0 Å². The molecule has 7 nitrogen and oxygen atoms in total. The van der Waals surface area contributed by atoms with Gasteiger partial charge in [-0.05, 0) is 6.92 Å². The number of nitrogens with zero attached hydrogens (tertiary/aromatic N) is 2. The molecule has 1 aromatic heterocycles. The van der Waals surface area contributed by atoms with E-state index in [-0.39, 0.29) is 5.91 Å². The van der Waals surface area contributed by atoms with Crippen LogP contribution in [0.15, 0.2) is 0 Å². The maximum atomic E-state index is 12.2. The third kappa shape index (κ3) is 2.57. The van der Waals surface area contributed by atoms with Gasteiger partial charge in [0.1, 0.15) is 11.3 Å². The van der Waals surface area contributed by atoms with E-state index >= 15 is 0 Å². The Morgan fingerprint density at radius 1 is 1.68 bits per heavy atom. The second-order valence-electron chi connectivity index (χ2n) is 4.84. The number of nitrogens with two attached hydrogens (primary N) is 1. The first kappa shape index (κ1) is 13.8. The number of aromatic nitrogens is 2. The zero-order chi connectivity index (χ0) is 14.0. The predicted octanol–water partition coefficient (Wildman–Crippen LogP) is -0.154. The summed E-state index contributed by atoms with van der Waals surface area (Å²) < 4.78 is 12.3. The van der Waals surface area contributed by atoms with Crippen LogP contribution in [0.2, 0.25) is 0 Å². The Morgan fingerprint density at radius 2 is 2.42 bits per heavy atom. The van der Waals surface area contributed by atoms with Crippen molar-refractivity contribution in [2.45, 2.75) is 18.9 Å². The van der Waals surface area contributed by atoms with Crippen molar-refractivity contribution in [2.24, 2.45) is 7.05 Å². The van der Waals surface area contributed by atoms with Crippen molar-refractivity contribution >= 4 is 11.6 Å². The van der Waals surface area contributed by atoms with Gasteiger partial charge in [0.15, 0.2) is 0 Å². The Balaban J connectivity index is 2.05. The molecule has 1 atom stereocenters. The molecule has 1 aliphatic heterocycles. The summed E-state index contributed by atoms with van der Waals surface area (Å²) in [5, 5.41) is 6.97. The molecule has 0 bridgehead atoms. The molecule has 1 saturated heterocycles. The highest BCUT2D eigenvalue weighted by molar-refractivity contribution is 5.97. The number of carbonyl (C=O) groups excluding carboxylic acids is 1. The van der Waals surface area contributed by atoms with E-state index in [4.69, 9.17) is 15.2 Å². The quantitative estimate of drug-likeness (QED) is 0.792. The molecule has 0 aliphatic carbocycles. The lowest BCUT2D eigenvalue weighted by Gasteiger charge is -2.25. The lowest BCUT2D eigenvalue weighted by Crippen LogP contribution is -2.45. The minimum Gasteiger partial charge on any atom is -0.395 e. The Labute approximate surface area is 112 Å². The Hall–Kier alpha value is -1.60. The third-order valence-corrected chi connectivity index (χ3v) is 3.55. The van der Waals surface area contributed by atoms with Crippen LogP contribution in [0.4, 0.5) is 5.69 Å². The van der Waals surface area contributed by atoms with Gasteiger partial charge >= 0.3 is 0 Å². The number of carbonyl (C=O) groups is 1. The van der Waals surface area contributed by atoms with Crippen LogP contribution in [0.1, 0.15) is 22.6 Å². The molecule has 1 fully saturated rings. The molecule has 0 radical (unpaired) electrons. The highest BCUT2D eigenvalue weighted by Gasteiger charge is 2.35. The van der Waals surface area contributed by atoms with E-state index in [1.54, 1.807) is 21.1 Å². The number of aryl methyl sites for hydroxylation is 2. The topological polar surface area (TPSA) is 91.4 Å². The molecule has 19 heavy (non-hydrogen) atoms. The van der Waals surface area contributed by atoms with E-state index in [0.29, 0.717) is 36.8 Å². The van der Waals surface area contributed by atoms with E-state index in [9.17, 15) is 4.79 Å². The molecule has 1 unspecified atom stereocenters. The molecule has 1 aliphatic rings. The SMILES string of the molecule is COC1(CNC(=O)c2c(N)c(C)nn2C)CCOC1. The van der Waals surface area contributed by atoms with Crippen molar-refractivity contribution in [1.29, 1.82) is 0 Å². The van der Waals surface area contributed by atoms with Gasteiger partial charge < -0.3 is 20.5 Å². The molecule has 0 aromatic carbocycles. The number of rotatable bonds is 4. The summed E-state index contributed by atoms with van der Waals surface area (Å²) >= 11 is 0. The van der Waals surface area contributed by atoms with E-state index in [1.165, 1.54) is 4.68 Å². The summed E-state index contributed by atoms with van der Waals surface area (Å²) in [5.74, 6) is -0.246. The first-order valence-corrected chi connectivity index (χ1v) is 6.19. The van der Waals surface area contributed by atoms with Gasteiger partial charge in [0, 0.05) is 33.7 Å². The minimum absolute atomic E-state index is 0.246. The van der Waals surface area contributed by atoms with Crippen LogP contribution in [-0.4, -0.2) is 48.2 Å². The van der Waals surface area contributed by atoms with Crippen molar-refractivity contribution in [3.05, 3.63) is 11.4 Å². The van der Waals surface area contributed by atoms with Crippen molar-refractivity contribution in [3.63, 3.8) is 0 Å². The van der Waals surface area contributed by atoms with Gasteiger partial charge in [-0.2, -0.15) is 5.10 Å². The number of methoxy groups -OCH3 is 1. The fourth-order valence-electron chi connectivity index (χ4n) is 2.23. The van der Waals surface area contributed by atoms with Crippen LogP contribution in [-0.2, 0) is 16.5 Å². The standard InChI is InChI=1S/C12H20N4O3/c1-8-9(13)10(16(2)15-8)11(17)14-6-12(18-3)4-5-19-7-12/h4-7,13H2,1-3H3,(H,14,17). The molecule has 0 spiro atoms. The van der Waals surface area contributed by atoms with Crippen molar-refractivity contribution < 1.29 is 14.3 Å². The van der Waals surface area contributed by atoms with E-state index in [2.05, 4.69) is 10.4 Å². The molecule has 106 valence electrons. The Kier molecular flexibility index (Phi) is 3.77. The third-order valence-electron chi connectivity index (χ3n) is 3.55. The molecule has 3 N–H and O–H groups in total. The molecular weight excluding hydrogens is 248 g/mol. The molecule has 2 heterocycles. The lowest BCUT2D eigenvalue weighted by atomic mass is 10.0. The number of ether oxygens (including phenoxy) is 2. The molecule has 2 rings (SSSR count). The van der Waals surface area contributed by atoms with Crippen LogP contribution in [0, 0.1) is 6.92 Å². The smallest absolute Gasteiger partial charge is 0.271 e. The highest BCUT2D eigenvalue weighted by atomic mass is 16.5. The largest absolute Gasteiger partial charge is 0.395 e. The summed E-state index contributed by atoms with van der Waals surface area (Å²) in [7, 11) is 3.33. The van der Waals surface area contributed by atoms with Crippen LogP contribution >= 0.6 is 0 Å². The summed E-state index contributed by atoms with van der Waals surface area (Å²) in [6, 6.07) is 0. The Morgan fingerprint density at radius 3 is 2.89 bits per heavy atom. The fourth-order valence-corrected chi connectivity index (χ4v) is 2.23. The zero-order valence-corrected chi connectivity index (χ0v) is 11.5. The number of nitrogen functional groups attached to an aromatic ring is 1. The first-order chi connectivity index (χ1) is 8.99. The van der Waals surface area contributed by atoms with Gasteiger partial charge in [-0.1, -0.05) is 0 Å². The predicted molar refractivity (Wildman–Crippen MR) is 69.9 cm³/mol. The molecule has 1 aromatic rings. The molecule has 1 amide bonds. The van der Waals surface area contributed by atoms with E-state index < -0.39 is 5.60 Å². The number of amides is 1. The van der Waals surface area contributed by atoms with Gasteiger partial charge in [-0.15, -0.1) is 0 Å². The average molecular weight is 268 g/mol. The molecular formula is C12H20N4O3. The van der Waals surface area contributed by atoms with Crippen LogP contribution in [0.25, 0.3) is 0 Å². The maximum absolute atomic E-state index is 12.2. The number of nitrogens with one attached hydrogen (secondary N) is 1. The summed E-state index contributed by atoms with van der Waals surface area (Å²) in [6.45, 7) is 3.31. The van der Waals surface area contributed by atoms with E-state index in [0.717, 1.165) is 6.42 Å². The monoisotopic (exact) mass is 268 g/mol. The van der Waals surface area contributed by atoms with E-state index in [1.807, 2.05) is 0 Å². The normalized spacial score (nSPS) is 22.7.